The third-order valence-electron chi connectivity index (χ3n) is 2.82. The SMILES string of the molecule is CC(C)C(N)CCN(C)Cc1cc(Br)c(Br)s1. The summed E-state index contributed by atoms with van der Waals surface area (Å²) >= 11 is 8.81. The third kappa shape index (κ3) is 5.39. The highest BCUT2D eigenvalue weighted by Gasteiger charge is 2.10. The van der Waals surface area contributed by atoms with E-state index in [1.807, 2.05) is 0 Å². The normalized spacial score (nSPS) is 13.6. The van der Waals surface area contributed by atoms with Crippen LogP contribution < -0.4 is 5.73 Å². The minimum absolute atomic E-state index is 0.305. The molecule has 0 aliphatic carbocycles. The molecule has 0 saturated heterocycles. The molecule has 0 spiro atoms. The second-order valence-electron chi connectivity index (χ2n) is 4.77. The summed E-state index contributed by atoms with van der Waals surface area (Å²) in [7, 11) is 2.15. The van der Waals surface area contributed by atoms with E-state index in [1.165, 1.54) is 8.66 Å². The lowest BCUT2D eigenvalue weighted by Crippen LogP contribution is -2.31. The summed E-state index contributed by atoms with van der Waals surface area (Å²) < 4.78 is 2.31. The van der Waals surface area contributed by atoms with Crippen LogP contribution in [0.2, 0.25) is 0 Å². The number of hydrogen-bond donors (Lipinski definition) is 1. The Bertz CT molecular complexity index is 333. The molecule has 1 aromatic heterocycles. The van der Waals surface area contributed by atoms with Crippen molar-refractivity contribution in [2.45, 2.75) is 32.9 Å². The van der Waals surface area contributed by atoms with Gasteiger partial charge in [0.05, 0.1) is 3.79 Å². The molecule has 1 heterocycles. The monoisotopic (exact) mass is 382 g/mol. The molecule has 2 N–H and O–H groups in total. The van der Waals surface area contributed by atoms with E-state index in [4.69, 9.17) is 5.73 Å². The van der Waals surface area contributed by atoms with Crippen molar-refractivity contribution < 1.29 is 0 Å². The maximum atomic E-state index is 6.05. The molecule has 0 fully saturated rings. The topological polar surface area (TPSA) is 29.3 Å². The van der Waals surface area contributed by atoms with E-state index >= 15 is 0 Å². The van der Waals surface area contributed by atoms with Gasteiger partial charge in [-0.25, -0.2) is 0 Å². The Labute approximate surface area is 125 Å². The smallest absolute Gasteiger partial charge is 0.0843 e. The molecule has 0 bridgehead atoms. The van der Waals surface area contributed by atoms with E-state index in [0.717, 1.165) is 24.0 Å². The molecule has 5 heteroatoms. The number of halogens is 2. The van der Waals surface area contributed by atoms with E-state index < -0.39 is 0 Å². The van der Waals surface area contributed by atoms with E-state index in [1.54, 1.807) is 11.3 Å². The molecule has 98 valence electrons. The number of thiophene rings is 1. The van der Waals surface area contributed by atoms with Crippen molar-refractivity contribution in [3.63, 3.8) is 0 Å². The van der Waals surface area contributed by atoms with Crippen molar-refractivity contribution in [1.29, 1.82) is 0 Å². The van der Waals surface area contributed by atoms with Gasteiger partial charge in [0.15, 0.2) is 0 Å². The van der Waals surface area contributed by atoms with Crippen molar-refractivity contribution in [2.75, 3.05) is 13.6 Å². The highest BCUT2D eigenvalue weighted by Crippen LogP contribution is 2.32. The zero-order valence-electron chi connectivity index (χ0n) is 10.5. The molecule has 0 radical (unpaired) electrons. The first kappa shape index (κ1) is 15.6. The van der Waals surface area contributed by atoms with Gasteiger partial charge < -0.3 is 10.6 Å². The summed E-state index contributed by atoms with van der Waals surface area (Å²) in [5, 5.41) is 0. The summed E-state index contributed by atoms with van der Waals surface area (Å²) in [5.74, 6) is 0.563. The predicted molar refractivity (Wildman–Crippen MR) is 83.5 cm³/mol. The van der Waals surface area contributed by atoms with Crippen LogP contribution in [0.25, 0.3) is 0 Å². The average Bonchev–Trinajstić information content (AvgIpc) is 2.54. The number of nitrogens with zero attached hydrogens (tertiary/aromatic N) is 1. The highest BCUT2D eigenvalue weighted by atomic mass is 79.9. The molecule has 0 saturated carbocycles. The largest absolute Gasteiger partial charge is 0.327 e. The molecule has 1 atom stereocenters. The first-order chi connectivity index (χ1) is 7.90. The first-order valence-corrected chi connectivity index (χ1v) is 8.18. The molecule has 1 unspecified atom stereocenters. The van der Waals surface area contributed by atoms with Gasteiger partial charge in [0.25, 0.3) is 0 Å². The summed E-state index contributed by atoms with van der Waals surface area (Å²) in [6, 6.07) is 2.48. The van der Waals surface area contributed by atoms with Crippen LogP contribution in [0.1, 0.15) is 25.1 Å². The lowest BCUT2D eigenvalue weighted by atomic mass is 10.0. The highest BCUT2D eigenvalue weighted by molar-refractivity contribution is 9.13. The molecule has 0 aliphatic heterocycles. The Morgan fingerprint density at radius 2 is 2.06 bits per heavy atom. The van der Waals surface area contributed by atoms with Crippen molar-refractivity contribution in [1.82, 2.24) is 4.90 Å². The quantitative estimate of drug-likeness (QED) is 0.801. The van der Waals surface area contributed by atoms with Gasteiger partial charge in [-0.05, 0) is 63.9 Å². The minimum atomic E-state index is 0.305. The van der Waals surface area contributed by atoms with Crippen LogP contribution in [0.3, 0.4) is 0 Å². The summed E-state index contributed by atoms with van der Waals surface area (Å²) in [6.45, 7) is 6.39. The van der Waals surface area contributed by atoms with Crippen molar-refractivity contribution in [3.8, 4) is 0 Å². The molecule has 2 nitrogen and oxygen atoms in total. The lowest BCUT2D eigenvalue weighted by molar-refractivity contribution is 0.298. The number of rotatable bonds is 6. The summed E-state index contributed by atoms with van der Waals surface area (Å²) in [5.41, 5.74) is 6.05. The van der Waals surface area contributed by atoms with Crippen molar-refractivity contribution in [2.24, 2.45) is 11.7 Å². The van der Waals surface area contributed by atoms with Gasteiger partial charge in [-0.3, -0.25) is 0 Å². The van der Waals surface area contributed by atoms with E-state index in [-0.39, 0.29) is 0 Å². The first-order valence-electron chi connectivity index (χ1n) is 5.78. The van der Waals surface area contributed by atoms with Crippen LogP contribution in [-0.4, -0.2) is 24.5 Å². The van der Waals surface area contributed by atoms with Crippen LogP contribution in [-0.2, 0) is 6.54 Å². The van der Waals surface area contributed by atoms with Crippen LogP contribution >= 0.6 is 43.2 Å². The average molecular weight is 384 g/mol. The second-order valence-corrected chi connectivity index (χ2v) is 8.08. The summed E-state index contributed by atoms with van der Waals surface area (Å²) in [6.07, 6.45) is 1.06. The van der Waals surface area contributed by atoms with E-state index in [9.17, 15) is 0 Å². The molecule has 0 aliphatic rings. The molecular weight excluding hydrogens is 364 g/mol. The van der Waals surface area contributed by atoms with Gasteiger partial charge in [0.1, 0.15) is 0 Å². The number of nitrogens with two attached hydrogens (primary N) is 1. The Morgan fingerprint density at radius 1 is 1.41 bits per heavy atom. The molecule has 1 aromatic rings. The fraction of sp³-hybridized carbons (Fsp3) is 0.667. The zero-order valence-corrected chi connectivity index (χ0v) is 14.5. The maximum absolute atomic E-state index is 6.05. The fourth-order valence-electron chi connectivity index (χ4n) is 1.52. The van der Waals surface area contributed by atoms with Crippen molar-refractivity contribution >= 4 is 43.2 Å². The third-order valence-corrected chi connectivity index (χ3v) is 6.06. The minimum Gasteiger partial charge on any atom is -0.327 e. The lowest BCUT2D eigenvalue weighted by Gasteiger charge is -2.20. The second kappa shape index (κ2) is 7.24. The Hall–Kier alpha value is 0.580. The Kier molecular flexibility index (Phi) is 6.66. The zero-order chi connectivity index (χ0) is 13.0. The molecule has 17 heavy (non-hydrogen) atoms. The molecule has 0 amide bonds. The molecule has 1 rings (SSSR count). The van der Waals surface area contributed by atoms with Crippen LogP contribution in [0.5, 0.6) is 0 Å². The van der Waals surface area contributed by atoms with Crippen molar-refractivity contribution in [3.05, 3.63) is 19.2 Å². The standard InChI is InChI=1S/C12H20Br2N2S/c1-8(2)11(15)4-5-16(3)7-9-6-10(13)12(14)17-9/h6,8,11H,4-5,7,15H2,1-3H3. The van der Waals surface area contributed by atoms with Crippen LogP contribution in [0, 0.1) is 5.92 Å². The Morgan fingerprint density at radius 3 is 2.53 bits per heavy atom. The Balaban J connectivity index is 2.37. The molecular formula is C12H20Br2N2S. The summed E-state index contributed by atoms with van der Waals surface area (Å²) in [4.78, 5) is 3.69. The van der Waals surface area contributed by atoms with Crippen LogP contribution in [0.15, 0.2) is 14.3 Å². The van der Waals surface area contributed by atoms with Crippen LogP contribution in [0.4, 0.5) is 0 Å². The van der Waals surface area contributed by atoms with Gasteiger partial charge in [0, 0.05) is 21.9 Å². The fourth-order valence-corrected chi connectivity index (χ4v) is 3.77. The predicted octanol–water partition coefficient (Wildman–Crippen LogP) is 4.08. The van der Waals surface area contributed by atoms with Gasteiger partial charge in [-0.2, -0.15) is 0 Å². The molecule has 0 aromatic carbocycles. The van der Waals surface area contributed by atoms with Gasteiger partial charge >= 0.3 is 0 Å². The maximum Gasteiger partial charge on any atom is 0.0843 e. The van der Waals surface area contributed by atoms with Gasteiger partial charge in [-0.15, -0.1) is 11.3 Å². The van der Waals surface area contributed by atoms with Gasteiger partial charge in [0.2, 0.25) is 0 Å². The number of hydrogen-bond acceptors (Lipinski definition) is 3. The van der Waals surface area contributed by atoms with Gasteiger partial charge in [-0.1, -0.05) is 13.8 Å². The van der Waals surface area contributed by atoms with E-state index in [0.29, 0.717) is 12.0 Å². The van der Waals surface area contributed by atoms with E-state index in [2.05, 4.69) is 63.7 Å².